The molecule has 0 spiro atoms. The molecule has 4 nitrogen and oxygen atoms in total. The smallest absolute Gasteiger partial charge is 0.221 e. The van der Waals surface area contributed by atoms with Crippen LogP contribution in [0.3, 0.4) is 0 Å². The van der Waals surface area contributed by atoms with Crippen molar-refractivity contribution in [3.63, 3.8) is 0 Å². The van der Waals surface area contributed by atoms with E-state index in [0.717, 1.165) is 39.5 Å². The Bertz CT molecular complexity index is 916. The fraction of sp³-hybridized carbons (Fsp3) is 0.250. The molecule has 3 aromatic rings. The van der Waals surface area contributed by atoms with Crippen LogP contribution in [0.2, 0.25) is 5.02 Å². The second-order valence-electron chi connectivity index (χ2n) is 5.92. The Hall–Kier alpha value is -2.11. The molecular weight excluding hydrogens is 366 g/mol. The molecule has 134 valence electrons. The van der Waals surface area contributed by atoms with Gasteiger partial charge < -0.3 is 5.32 Å². The van der Waals surface area contributed by atoms with E-state index in [2.05, 4.69) is 15.3 Å². The summed E-state index contributed by atoms with van der Waals surface area (Å²) in [6.07, 6.45) is 0.467. The predicted octanol–water partition coefficient (Wildman–Crippen LogP) is 4.53. The molecule has 26 heavy (non-hydrogen) atoms. The number of halogens is 1. The van der Waals surface area contributed by atoms with Crippen LogP contribution in [0.5, 0.6) is 0 Å². The number of para-hydroxylation sites is 2. The monoisotopic (exact) mass is 385 g/mol. The predicted molar refractivity (Wildman–Crippen MR) is 108 cm³/mol. The van der Waals surface area contributed by atoms with Gasteiger partial charge >= 0.3 is 0 Å². The van der Waals surface area contributed by atoms with E-state index in [1.54, 1.807) is 11.8 Å². The van der Waals surface area contributed by atoms with Gasteiger partial charge in [-0.25, -0.2) is 9.97 Å². The molecule has 0 unspecified atom stereocenters. The number of nitrogens with one attached hydrogen (secondary N) is 1. The first-order valence-electron chi connectivity index (χ1n) is 8.43. The van der Waals surface area contributed by atoms with Crippen LogP contribution < -0.4 is 5.32 Å². The van der Waals surface area contributed by atoms with Gasteiger partial charge in [0.25, 0.3) is 0 Å². The second kappa shape index (κ2) is 9.01. The van der Waals surface area contributed by atoms with Gasteiger partial charge in [0.05, 0.1) is 22.4 Å². The van der Waals surface area contributed by atoms with E-state index >= 15 is 0 Å². The zero-order valence-corrected chi connectivity index (χ0v) is 16.1. The normalized spacial score (nSPS) is 10.8. The third kappa shape index (κ3) is 4.96. The third-order valence-electron chi connectivity index (χ3n) is 3.99. The number of aromatic nitrogens is 2. The first-order chi connectivity index (χ1) is 12.6. The van der Waals surface area contributed by atoms with Crippen molar-refractivity contribution in [3.8, 4) is 0 Å². The number of hydrogen-bond acceptors (Lipinski definition) is 4. The summed E-state index contributed by atoms with van der Waals surface area (Å²) in [6, 6.07) is 15.4. The van der Waals surface area contributed by atoms with Crippen LogP contribution in [0.25, 0.3) is 11.0 Å². The van der Waals surface area contributed by atoms with E-state index in [4.69, 9.17) is 11.6 Å². The minimum atomic E-state index is 0.0266. The molecule has 0 radical (unpaired) electrons. The fourth-order valence-corrected chi connectivity index (χ4v) is 3.66. The number of carbonyl (C=O) groups is 1. The first-order valence-corrected chi connectivity index (χ1v) is 9.97. The number of benzene rings is 2. The maximum atomic E-state index is 12.0. The van der Waals surface area contributed by atoms with Crippen molar-refractivity contribution in [1.29, 1.82) is 0 Å². The SMILES string of the molecule is Cc1nc2ccccc2nc1CSCCC(=O)NCc1ccccc1Cl. The molecule has 1 N–H and O–H groups in total. The molecule has 6 heteroatoms. The topological polar surface area (TPSA) is 54.9 Å². The molecule has 0 fully saturated rings. The molecule has 0 atom stereocenters. The number of carbonyl (C=O) groups excluding carboxylic acids is 1. The number of aryl methyl sites for hydroxylation is 1. The largest absolute Gasteiger partial charge is 0.352 e. The number of rotatable bonds is 7. The zero-order valence-electron chi connectivity index (χ0n) is 14.5. The molecule has 0 aliphatic carbocycles. The van der Waals surface area contributed by atoms with Gasteiger partial charge in [0.2, 0.25) is 5.91 Å². The van der Waals surface area contributed by atoms with Crippen LogP contribution >= 0.6 is 23.4 Å². The Labute approximate surface area is 162 Å². The number of amides is 1. The second-order valence-corrected chi connectivity index (χ2v) is 7.43. The molecule has 2 aromatic carbocycles. The summed E-state index contributed by atoms with van der Waals surface area (Å²) in [5.74, 6) is 1.52. The average Bonchev–Trinajstić information content (AvgIpc) is 2.65. The lowest BCUT2D eigenvalue weighted by Gasteiger charge is -2.08. The minimum absolute atomic E-state index is 0.0266. The Kier molecular flexibility index (Phi) is 6.47. The Balaban J connectivity index is 1.44. The van der Waals surface area contributed by atoms with Crippen molar-refractivity contribution in [1.82, 2.24) is 15.3 Å². The Morgan fingerprint density at radius 1 is 1.08 bits per heavy atom. The summed E-state index contributed by atoms with van der Waals surface area (Å²) in [4.78, 5) is 21.3. The lowest BCUT2D eigenvalue weighted by atomic mass is 10.2. The molecule has 0 bridgehead atoms. The number of hydrogen-bond donors (Lipinski definition) is 1. The average molecular weight is 386 g/mol. The quantitative estimate of drug-likeness (QED) is 0.607. The van der Waals surface area contributed by atoms with Crippen LogP contribution in [-0.4, -0.2) is 21.6 Å². The van der Waals surface area contributed by atoms with Crippen molar-refractivity contribution in [3.05, 3.63) is 70.5 Å². The van der Waals surface area contributed by atoms with E-state index in [1.807, 2.05) is 55.5 Å². The van der Waals surface area contributed by atoms with Gasteiger partial charge in [-0.05, 0) is 30.7 Å². The molecule has 0 saturated heterocycles. The standard InChI is InChI=1S/C20H20ClN3OS/c1-14-19(24-18-9-5-4-8-17(18)23-14)13-26-11-10-20(25)22-12-15-6-2-3-7-16(15)21/h2-9H,10-13H2,1H3,(H,22,25). The van der Waals surface area contributed by atoms with E-state index in [0.29, 0.717) is 18.0 Å². The lowest BCUT2D eigenvalue weighted by molar-refractivity contribution is -0.120. The zero-order chi connectivity index (χ0) is 18.4. The Morgan fingerprint density at radius 2 is 1.77 bits per heavy atom. The van der Waals surface area contributed by atoms with Crippen molar-refractivity contribution < 1.29 is 4.79 Å². The molecule has 1 aromatic heterocycles. The maximum absolute atomic E-state index is 12.0. The molecule has 3 rings (SSSR count). The highest BCUT2D eigenvalue weighted by atomic mass is 35.5. The molecular formula is C20H20ClN3OS. The highest BCUT2D eigenvalue weighted by Crippen LogP contribution is 2.18. The van der Waals surface area contributed by atoms with Crippen molar-refractivity contribution in [2.45, 2.75) is 25.6 Å². The van der Waals surface area contributed by atoms with E-state index in [-0.39, 0.29) is 5.91 Å². The summed E-state index contributed by atoms with van der Waals surface area (Å²) < 4.78 is 0. The van der Waals surface area contributed by atoms with Crippen molar-refractivity contribution in [2.24, 2.45) is 0 Å². The van der Waals surface area contributed by atoms with Gasteiger partial charge in [0.1, 0.15) is 0 Å². The number of thioether (sulfide) groups is 1. The molecule has 0 aliphatic heterocycles. The van der Waals surface area contributed by atoms with Crippen molar-refractivity contribution in [2.75, 3.05) is 5.75 Å². The summed E-state index contributed by atoms with van der Waals surface area (Å²) in [7, 11) is 0. The van der Waals surface area contributed by atoms with Crippen LogP contribution in [0.15, 0.2) is 48.5 Å². The fourth-order valence-electron chi connectivity index (χ4n) is 2.52. The van der Waals surface area contributed by atoms with Crippen LogP contribution in [-0.2, 0) is 17.1 Å². The summed E-state index contributed by atoms with van der Waals surface area (Å²) >= 11 is 7.78. The van der Waals surface area contributed by atoms with Gasteiger partial charge in [-0.2, -0.15) is 11.8 Å². The van der Waals surface area contributed by atoms with Crippen molar-refractivity contribution >= 4 is 40.3 Å². The van der Waals surface area contributed by atoms with E-state index in [1.165, 1.54) is 0 Å². The Morgan fingerprint density at radius 3 is 2.54 bits per heavy atom. The molecule has 0 saturated carbocycles. The maximum Gasteiger partial charge on any atom is 0.221 e. The van der Waals surface area contributed by atoms with E-state index < -0.39 is 0 Å². The van der Waals surface area contributed by atoms with Gasteiger partial charge in [0.15, 0.2) is 0 Å². The van der Waals surface area contributed by atoms with Crippen LogP contribution in [0.4, 0.5) is 0 Å². The van der Waals surface area contributed by atoms with Gasteiger partial charge in [-0.1, -0.05) is 41.9 Å². The molecule has 1 heterocycles. The summed E-state index contributed by atoms with van der Waals surface area (Å²) in [6.45, 7) is 2.43. The van der Waals surface area contributed by atoms with E-state index in [9.17, 15) is 4.79 Å². The summed E-state index contributed by atoms with van der Waals surface area (Å²) in [5.41, 5.74) is 4.67. The lowest BCUT2D eigenvalue weighted by Crippen LogP contribution is -2.23. The van der Waals surface area contributed by atoms with Crippen LogP contribution in [0, 0.1) is 6.92 Å². The highest BCUT2D eigenvalue weighted by molar-refractivity contribution is 7.98. The highest BCUT2D eigenvalue weighted by Gasteiger charge is 2.07. The first kappa shape index (κ1) is 18.7. The van der Waals surface area contributed by atoms with Gasteiger partial charge in [0, 0.05) is 29.5 Å². The molecule has 0 aliphatic rings. The third-order valence-corrected chi connectivity index (χ3v) is 5.33. The number of fused-ring (bicyclic) bond motifs is 1. The molecule has 1 amide bonds. The summed E-state index contributed by atoms with van der Waals surface area (Å²) in [5, 5.41) is 3.58. The van der Waals surface area contributed by atoms with Crippen LogP contribution in [0.1, 0.15) is 23.4 Å². The number of nitrogens with zero attached hydrogens (tertiary/aromatic N) is 2. The van der Waals surface area contributed by atoms with Gasteiger partial charge in [-0.3, -0.25) is 4.79 Å². The van der Waals surface area contributed by atoms with Gasteiger partial charge in [-0.15, -0.1) is 0 Å². The minimum Gasteiger partial charge on any atom is -0.352 e.